The lowest BCUT2D eigenvalue weighted by atomic mass is 10.1. The minimum Gasteiger partial charge on any atom is -0.350 e. The van der Waals surface area contributed by atoms with Crippen LogP contribution in [0, 0.1) is 5.82 Å². The number of hydrogen-bond acceptors (Lipinski definition) is 3. The highest BCUT2D eigenvalue weighted by Crippen LogP contribution is 2.42. The number of rotatable bonds is 4. The molecule has 1 heterocycles. The van der Waals surface area contributed by atoms with Crippen LogP contribution in [0.1, 0.15) is 36.2 Å². The maximum absolute atomic E-state index is 13.9. The van der Waals surface area contributed by atoms with Crippen LogP contribution in [0.15, 0.2) is 52.3 Å². The summed E-state index contributed by atoms with van der Waals surface area (Å²) in [5, 5.41) is 2.92. The maximum atomic E-state index is 13.9. The molecule has 0 aromatic heterocycles. The van der Waals surface area contributed by atoms with Crippen LogP contribution in [0.2, 0.25) is 0 Å². The van der Waals surface area contributed by atoms with Gasteiger partial charge in [0.2, 0.25) is 0 Å². The molecule has 3 rings (SSSR count). The van der Waals surface area contributed by atoms with Gasteiger partial charge in [0.1, 0.15) is 5.82 Å². The first-order valence-corrected chi connectivity index (χ1v) is 9.59. The number of thioether (sulfide) groups is 1. The Morgan fingerprint density at radius 2 is 2.04 bits per heavy atom. The average Bonchev–Trinajstić information content (AvgIpc) is 2.67. The molecule has 0 spiro atoms. The molecule has 2 aromatic carbocycles. The second-order valence-electron chi connectivity index (χ2n) is 6.46. The fourth-order valence-corrected chi connectivity index (χ4v) is 3.76. The van der Waals surface area contributed by atoms with Gasteiger partial charge in [-0.15, -0.1) is 0 Å². The van der Waals surface area contributed by atoms with Crippen molar-refractivity contribution in [2.75, 3.05) is 11.9 Å². The van der Waals surface area contributed by atoms with E-state index in [1.54, 1.807) is 43.5 Å². The molecule has 0 bridgehead atoms. The van der Waals surface area contributed by atoms with E-state index in [1.165, 1.54) is 22.7 Å². The molecule has 0 fully saturated rings. The minimum absolute atomic E-state index is 0.0811. The van der Waals surface area contributed by atoms with Gasteiger partial charge >= 0.3 is 0 Å². The van der Waals surface area contributed by atoms with E-state index in [0.717, 1.165) is 11.3 Å². The van der Waals surface area contributed by atoms with Gasteiger partial charge < -0.3 is 10.2 Å². The lowest BCUT2D eigenvalue weighted by molar-refractivity contribution is -0.114. The maximum Gasteiger partial charge on any atom is 0.264 e. The number of amides is 2. The standard InChI is InChI=1S/C21H21FN2O2S/c1-4-13(2)23-20(25)15-9-10-18-17(11-15)24(3)21(26)19(27-18)12-14-7-5-6-8-16(14)22/h5-13H,4H2,1-3H3,(H,23,25)/b19-12-/t13-/m1/s1. The van der Waals surface area contributed by atoms with Gasteiger partial charge in [-0.3, -0.25) is 9.59 Å². The Kier molecular flexibility index (Phi) is 5.65. The van der Waals surface area contributed by atoms with Gasteiger partial charge in [-0.05, 0) is 43.7 Å². The lowest BCUT2D eigenvalue weighted by Gasteiger charge is -2.27. The zero-order valence-corrected chi connectivity index (χ0v) is 16.3. The molecule has 1 aliphatic heterocycles. The topological polar surface area (TPSA) is 49.4 Å². The molecule has 1 N–H and O–H groups in total. The number of anilines is 1. The predicted molar refractivity (Wildman–Crippen MR) is 107 cm³/mol. The number of carbonyl (C=O) groups excluding carboxylic acids is 2. The van der Waals surface area contributed by atoms with E-state index in [1.807, 2.05) is 19.9 Å². The summed E-state index contributed by atoms with van der Waals surface area (Å²) in [5.74, 6) is -0.759. The minimum atomic E-state index is -0.371. The zero-order chi connectivity index (χ0) is 19.6. The molecule has 2 amide bonds. The van der Waals surface area contributed by atoms with Gasteiger partial charge in [0.25, 0.3) is 11.8 Å². The SMILES string of the molecule is CC[C@@H](C)NC(=O)c1ccc2c(c1)N(C)C(=O)/C(=C/c1ccccc1F)S2. The van der Waals surface area contributed by atoms with Crippen molar-refractivity contribution < 1.29 is 14.0 Å². The largest absolute Gasteiger partial charge is 0.350 e. The Morgan fingerprint density at radius 1 is 1.30 bits per heavy atom. The number of benzene rings is 2. The molecular formula is C21H21FN2O2S. The molecule has 4 nitrogen and oxygen atoms in total. The number of halogens is 1. The molecule has 0 radical (unpaired) electrons. The van der Waals surface area contributed by atoms with Crippen molar-refractivity contribution in [1.82, 2.24) is 5.32 Å². The van der Waals surface area contributed by atoms with Crippen molar-refractivity contribution in [3.05, 3.63) is 64.3 Å². The molecule has 140 valence electrons. The summed E-state index contributed by atoms with van der Waals surface area (Å²) in [6.45, 7) is 3.95. The molecule has 6 heteroatoms. The van der Waals surface area contributed by atoms with Crippen molar-refractivity contribution in [3.8, 4) is 0 Å². The molecule has 2 aromatic rings. The highest BCUT2D eigenvalue weighted by atomic mass is 32.2. The molecule has 27 heavy (non-hydrogen) atoms. The normalized spacial score (nSPS) is 16.2. The van der Waals surface area contributed by atoms with Gasteiger partial charge in [0.05, 0.1) is 10.6 Å². The van der Waals surface area contributed by atoms with Crippen LogP contribution in [0.5, 0.6) is 0 Å². The summed E-state index contributed by atoms with van der Waals surface area (Å²) in [6, 6.07) is 11.7. The van der Waals surface area contributed by atoms with Crippen LogP contribution in [0.3, 0.4) is 0 Å². The summed E-state index contributed by atoms with van der Waals surface area (Å²) in [4.78, 5) is 27.9. The molecule has 0 saturated heterocycles. The Hall–Kier alpha value is -2.60. The summed E-state index contributed by atoms with van der Waals surface area (Å²) < 4.78 is 13.9. The highest BCUT2D eigenvalue weighted by Gasteiger charge is 2.27. The Bertz CT molecular complexity index is 926. The smallest absolute Gasteiger partial charge is 0.264 e. The van der Waals surface area contributed by atoms with Crippen LogP contribution in [0.4, 0.5) is 10.1 Å². The number of nitrogens with zero attached hydrogens (tertiary/aromatic N) is 1. The summed E-state index contributed by atoms with van der Waals surface area (Å²) >= 11 is 1.28. The van der Waals surface area contributed by atoms with Gasteiger partial charge in [0.15, 0.2) is 0 Å². The van der Waals surface area contributed by atoms with Crippen molar-refractivity contribution >= 4 is 35.3 Å². The second kappa shape index (κ2) is 7.96. The molecule has 0 saturated carbocycles. The van der Waals surface area contributed by atoms with E-state index in [4.69, 9.17) is 0 Å². The quantitative estimate of drug-likeness (QED) is 0.792. The van der Waals surface area contributed by atoms with E-state index in [9.17, 15) is 14.0 Å². The van der Waals surface area contributed by atoms with E-state index < -0.39 is 0 Å². The summed E-state index contributed by atoms with van der Waals surface area (Å²) in [5.41, 5.74) is 1.55. The summed E-state index contributed by atoms with van der Waals surface area (Å²) in [6.07, 6.45) is 2.40. The first-order chi connectivity index (χ1) is 12.9. The molecule has 1 atom stereocenters. The third-order valence-corrected chi connectivity index (χ3v) is 5.58. The third kappa shape index (κ3) is 4.06. The fourth-order valence-electron chi connectivity index (χ4n) is 2.68. The molecule has 0 unspecified atom stereocenters. The van der Waals surface area contributed by atoms with Crippen molar-refractivity contribution in [1.29, 1.82) is 0 Å². The lowest BCUT2D eigenvalue weighted by Crippen LogP contribution is -2.33. The van der Waals surface area contributed by atoms with Crippen molar-refractivity contribution in [2.24, 2.45) is 0 Å². The number of hydrogen-bond donors (Lipinski definition) is 1. The average molecular weight is 384 g/mol. The van der Waals surface area contributed by atoms with Gasteiger partial charge in [-0.25, -0.2) is 4.39 Å². The Morgan fingerprint density at radius 3 is 2.74 bits per heavy atom. The van der Waals surface area contributed by atoms with Crippen LogP contribution in [-0.4, -0.2) is 24.9 Å². The zero-order valence-electron chi connectivity index (χ0n) is 15.5. The van der Waals surface area contributed by atoms with Crippen LogP contribution < -0.4 is 10.2 Å². The fraction of sp³-hybridized carbons (Fsp3) is 0.238. The molecule has 1 aliphatic rings. The van der Waals surface area contributed by atoms with Crippen molar-refractivity contribution in [2.45, 2.75) is 31.2 Å². The van der Waals surface area contributed by atoms with E-state index >= 15 is 0 Å². The van der Waals surface area contributed by atoms with E-state index in [-0.39, 0.29) is 23.7 Å². The Balaban J connectivity index is 1.91. The van der Waals surface area contributed by atoms with Crippen LogP contribution in [-0.2, 0) is 4.79 Å². The predicted octanol–water partition coefficient (Wildman–Crippen LogP) is 4.46. The Labute approximate surface area is 162 Å². The van der Waals surface area contributed by atoms with Gasteiger partial charge in [0, 0.05) is 29.1 Å². The van der Waals surface area contributed by atoms with Gasteiger partial charge in [-0.1, -0.05) is 36.9 Å². The third-order valence-electron chi connectivity index (χ3n) is 4.50. The van der Waals surface area contributed by atoms with Crippen molar-refractivity contribution in [3.63, 3.8) is 0 Å². The highest BCUT2D eigenvalue weighted by molar-refractivity contribution is 8.04. The number of nitrogens with one attached hydrogen (secondary N) is 1. The first kappa shape index (κ1) is 19.2. The van der Waals surface area contributed by atoms with Crippen LogP contribution in [0.25, 0.3) is 6.08 Å². The number of fused-ring (bicyclic) bond motifs is 1. The monoisotopic (exact) mass is 384 g/mol. The molecular weight excluding hydrogens is 363 g/mol. The number of carbonyl (C=O) groups is 2. The first-order valence-electron chi connectivity index (χ1n) is 8.77. The van der Waals surface area contributed by atoms with E-state index in [2.05, 4.69) is 5.32 Å². The van der Waals surface area contributed by atoms with Gasteiger partial charge in [-0.2, -0.15) is 0 Å². The molecule has 0 aliphatic carbocycles. The second-order valence-corrected chi connectivity index (χ2v) is 7.55. The van der Waals surface area contributed by atoms with E-state index in [0.29, 0.717) is 21.7 Å². The van der Waals surface area contributed by atoms with Crippen LogP contribution >= 0.6 is 11.8 Å². The number of likely N-dealkylation sites (N-methyl/N-ethyl adjacent to an activating group) is 1. The summed E-state index contributed by atoms with van der Waals surface area (Å²) in [7, 11) is 1.66.